The summed E-state index contributed by atoms with van der Waals surface area (Å²) in [5.41, 5.74) is 0. The maximum atomic E-state index is 9.23. The first-order valence-corrected chi connectivity index (χ1v) is 11.9. The van der Waals surface area contributed by atoms with Crippen LogP contribution < -0.4 is 0 Å². The Hall–Kier alpha value is 1.23. The molecule has 0 aliphatic heterocycles. The third kappa shape index (κ3) is 18.8. The van der Waals surface area contributed by atoms with Gasteiger partial charge in [0.2, 0.25) is 0 Å². The number of rotatable bonds is 1. The van der Waals surface area contributed by atoms with E-state index < -0.39 is 30.1 Å². The van der Waals surface area contributed by atoms with Gasteiger partial charge in [-0.25, -0.2) is 0 Å². The van der Waals surface area contributed by atoms with Crippen molar-refractivity contribution < 1.29 is 56.9 Å². The van der Waals surface area contributed by atoms with Crippen molar-refractivity contribution in [3.8, 4) is 0 Å². The summed E-state index contributed by atoms with van der Waals surface area (Å²) in [4.78, 5) is 0. The van der Waals surface area contributed by atoms with Gasteiger partial charge < -0.3 is 0 Å². The Bertz CT molecular complexity index is 40.1. The predicted octanol–water partition coefficient (Wildman–Crippen LogP) is -0.364. The Labute approximate surface area is 56.5 Å². The zero-order valence-corrected chi connectivity index (χ0v) is 8.56. The van der Waals surface area contributed by atoms with E-state index in [9.17, 15) is 6.97 Å². The molecular formula is CuMoO3Zn. The van der Waals surface area contributed by atoms with E-state index in [-0.39, 0.29) is 0 Å². The third-order valence-corrected chi connectivity index (χ3v) is 1.48. The second-order valence-electron chi connectivity index (χ2n) is 0.236. The summed E-state index contributed by atoms with van der Waals surface area (Å²) >= 11 is 0.237. The molecule has 0 radical (unpaired) electrons. The van der Waals surface area contributed by atoms with Crippen LogP contribution in [0.5, 0.6) is 0 Å². The molecule has 0 bridgehead atoms. The van der Waals surface area contributed by atoms with Crippen molar-refractivity contribution in [1.82, 2.24) is 0 Å². The molecule has 0 amide bonds. The van der Waals surface area contributed by atoms with Crippen molar-refractivity contribution in [2.24, 2.45) is 0 Å². The molecule has 0 aromatic heterocycles. The monoisotopic (exact) mass is 273 g/mol. The van der Waals surface area contributed by atoms with Gasteiger partial charge in [0.1, 0.15) is 0 Å². The zero-order chi connectivity index (χ0) is 5.41. The summed E-state index contributed by atoms with van der Waals surface area (Å²) in [6, 6.07) is 0. The van der Waals surface area contributed by atoms with Crippen LogP contribution in [0.2, 0.25) is 0 Å². The number of hydrogen-bond donors (Lipinski definition) is 0. The topological polar surface area (TPSA) is 51.2 Å². The van der Waals surface area contributed by atoms with Crippen LogP contribution in [0.1, 0.15) is 0 Å². The van der Waals surface area contributed by atoms with Gasteiger partial charge in [-0.1, -0.05) is 0 Å². The first-order chi connectivity index (χ1) is 2.91. The standard InChI is InChI=1S/Cu.Mo.3O.Zn. The normalized spacial score (nSPS) is 3.67. The van der Waals surface area contributed by atoms with E-state index in [2.05, 4.69) is 15.9 Å². The van der Waals surface area contributed by atoms with E-state index in [1.54, 1.807) is 0 Å². The van der Waals surface area contributed by atoms with Gasteiger partial charge in [-0.2, -0.15) is 0 Å². The van der Waals surface area contributed by atoms with Crippen molar-refractivity contribution >= 4 is 0 Å². The molecule has 6 heavy (non-hydrogen) atoms. The molecule has 6 heteroatoms. The fraction of sp³-hybridized carbons (Fsp3) is 0. The van der Waals surface area contributed by atoms with Crippen LogP contribution in [0, 0.1) is 0 Å². The SMILES string of the molecule is [O]=[Cu].[O]=[Zn][Mo]=[O]. The first-order valence-electron chi connectivity index (χ1n) is 0.867. The van der Waals surface area contributed by atoms with E-state index in [1.165, 1.54) is 0 Å². The van der Waals surface area contributed by atoms with Crippen LogP contribution in [-0.4, -0.2) is 0 Å². The van der Waals surface area contributed by atoms with Crippen LogP contribution in [-0.2, 0) is 56.9 Å². The quantitative estimate of drug-likeness (QED) is 0.613. The molecule has 0 rings (SSSR count). The van der Waals surface area contributed by atoms with Gasteiger partial charge in [0.15, 0.2) is 0 Å². The predicted molar refractivity (Wildman–Crippen MR) is 2.06 cm³/mol. The average molecular weight is 273 g/mol. The van der Waals surface area contributed by atoms with Crippen molar-refractivity contribution in [3.05, 3.63) is 0 Å². The second kappa shape index (κ2) is 16.3. The maximum absolute atomic E-state index is 9.23. The van der Waals surface area contributed by atoms with Crippen molar-refractivity contribution in [2.45, 2.75) is 0 Å². The van der Waals surface area contributed by atoms with E-state index in [1.807, 2.05) is 0 Å². The van der Waals surface area contributed by atoms with Crippen LogP contribution in [0.3, 0.4) is 0 Å². The van der Waals surface area contributed by atoms with Gasteiger partial charge in [-0.05, 0) is 0 Å². The van der Waals surface area contributed by atoms with E-state index in [0.717, 1.165) is 0 Å². The van der Waals surface area contributed by atoms with Gasteiger partial charge in [-0.15, -0.1) is 0 Å². The first kappa shape index (κ1) is 10.3. The molecule has 0 N–H and O–H groups in total. The Kier molecular flexibility index (Phi) is 27.9. The molecule has 0 unspecified atom stereocenters. The Morgan fingerprint density at radius 3 is 1.67 bits per heavy atom. The van der Waals surface area contributed by atoms with Crippen molar-refractivity contribution in [2.75, 3.05) is 0 Å². The van der Waals surface area contributed by atoms with Gasteiger partial charge in [0, 0.05) is 0 Å². The Morgan fingerprint density at radius 2 is 1.67 bits per heavy atom. The minimum atomic E-state index is -1.56. The van der Waals surface area contributed by atoms with Gasteiger partial charge in [0.05, 0.1) is 0 Å². The molecule has 0 aliphatic rings. The van der Waals surface area contributed by atoms with Crippen molar-refractivity contribution in [1.29, 1.82) is 0 Å². The van der Waals surface area contributed by atoms with E-state index >= 15 is 0 Å². The molecule has 0 aliphatic carbocycles. The Morgan fingerprint density at radius 1 is 1.50 bits per heavy atom. The molecule has 3 nitrogen and oxygen atoms in total. The third-order valence-electron chi connectivity index (χ3n) is 0.0481. The molecular weight excluding hydrogens is 273 g/mol. The molecule has 0 heterocycles. The number of hydrogen-bond acceptors (Lipinski definition) is 3. The summed E-state index contributed by atoms with van der Waals surface area (Å²) in [7, 11) is 0. The second-order valence-corrected chi connectivity index (χ2v) is 7.25. The summed E-state index contributed by atoms with van der Waals surface area (Å²) in [5.74, 6) is 0. The molecule has 0 saturated heterocycles. The van der Waals surface area contributed by atoms with Gasteiger partial charge >= 0.3 is 56.9 Å². The molecule has 0 fully saturated rings. The summed E-state index contributed by atoms with van der Waals surface area (Å²) < 4.78 is 26.2. The molecule has 37 valence electrons. The molecule has 0 aromatic carbocycles. The van der Waals surface area contributed by atoms with Crippen molar-refractivity contribution in [3.63, 3.8) is 0 Å². The van der Waals surface area contributed by atoms with Crippen LogP contribution >= 0.6 is 0 Å². The molecule has 0 spiro atoms. The van der Waals surface area contributed by atoms with Gasteiger partial charge in [-0.3, -0.25) is 0 Å². The average Bonchev–Trinajstić information content (AvgIpc) is 1.72. The molecule has 0 saturated carbocycles. The summed E-state index contributed by atoms with van der Waals surface area (Å²) in [6.45, 7) is 0. The Balaban J connectivity index is 0. The van der Waals surface area contributed by atoms with Crippen LogP contribution in [0.4, 0.5) is 0 Å². The van der Waals surface area contributed by atoms with E-state index in [0.29, 0.717) is 0 Å². The summed E-state index contributed by atoms with van der Waals surface area (Å²) in [6.07, 6.45) is 0. The summed E-state index contributed by atoms with van der Waals surface area (Å²) in [5, 5.41) is 0. The fourth-order valence-corrected chi connectivity index (χ4v) is 0. The molecule has 0 atom stereocenters. The fourth-order valence-electron chi connectivity index (χ4n) is 0. The van der Waals surface area contributed by atoms with Crippen LogP contribution in [0.15, 0.2) is 0 Å². The van der Waals surface area contributed by atoms with Gasteiger partial charge in [0.25, 0.3) is 0 Å². The van der Waals surface area contributed by atoms with E-state index in [4.69, 9.17) is 3.83 Å². The molecule has 0 aromatic rings. The minimum absolute atomic E-state index is 1.14. The zero-order valence-electron chi connectivity index (χ0n) is 2.64. The van der Waals surface area contributed by atoms with Crippen LogP contribution in [0.25, 0.3) is 0 Å².